The summed E-state index contributed by atoms with van der Waals surface area (Å²) >= 11 is 0. The number of nitrogens with zero attached hydrogens (tertiary/aromatic N) is 2. The normalized spacial score (nSPS) is 17.8. The smallest absolute Gasteiger partial charge is 0.332 e. The number of anilines is 1. The number of aromatic nitrogens is 2. The highest BCUT2D eigenvalue weighted by atomic mass is 19.1. The van der Waals surface area contributed by atoms with E-state index in [0.717, 1.165) is 24.2 Å². The van der Waals surface area contributed by atoms with Crippen LogP contribution in [0.5, 0.6) is 0 Å². The number of nitrogens with one attached hydrogen (secondary N) is 2. The molecule has 1 aromatic heterocycles. The molecule has 0 spiro atoms. The van der Waals surface area contributed by atoms with Crippen LogP contribution in [-0.4, -0.2) is 34.6 Å². The van der Waals surface area contributed by atoms with Crippen LogP contribution in [0.4, 0.5) is 10.2 Å². The molecule has 1 aliphatic carbocycles. The fourth-order valence-electron chi connectivity index (χ4n) is 3.08. The molecule has 2 aromatic rings. The third-order valence-corrected chi connectivity index (χ3v) is 4.40. The Bertz CT molecular complexity index is 873. The van der Waals surface area contributed by atoms with Gasteiger partial charge in [-0.25, -0.2) is 4.68 Å². The Hall–Kier alpha value is -2.98. The molecule has 1 saturated carbocycles. The molecule has 142 valence electrons. The molecule has 0 amide bonds. The number of carbonyl (C=O) groups is 1. The minimum absolute atomic E-state index is 0.00474. The van der Waals surface area contributed by atoms with Crippen molar-refractivity contribution in [2.24, 2.45) is 5.73 Å². The van der Waals surface area contributed by atoms with Crippen molar-refractivity contribution < 1.29 is 9.18 Å². The molecule has 1 fully saturated rings. The van der Waals surface area contributed by atoms with Gasteiger partial charge in [-0.15, -0.1) is 12.3 Å². The zero-order valence-electron chi connectivity index (χ0n) is 15.7. The number of rotatable bonds is 5. The lowest BCUT2D eigenvalue weighted by Gasteiger charge is -2.33. The molecule has 0 unspecified atom stereocenters. The minimum Gasteiger partial charge on any atom is -0.373 e. The largest absolute Gasteiger partial charge is 0.373 e. The van der Waals surface area contributed by atoms with E-state index in [1.165, 1.54) is 12.1 Å². The third-order valence-electron chi connectivity index (χ3n) is 4.40. The van der Waals surface area contributed by atoms with Gasteiger partial charge in [0.25, 0.3) is 0 Å². The SMILES string of the molecule is C#CC.CNc1c(C(C)=N)c(-c2ccc(C(=O)F)cc2)nn1C1CC(N)C1. The van der Waals surface area contributed by atoms with E-state index < -0.39 is 6.04 Å². The lowest BCUT2D eigenvalue weighted by atomic mass is 9.88. The van der Waals surface area contributed by atoms with Crippen LogP contribution in [0.1, 0.15) is 48.7 Å². The van der Waals surface area contributed by atoms with Gasteiger partial charge < -0.3 is 16.5 Å². The molecule has 0 bridgehead atoms. The maximum absolute atomic E-state index is 12.8. The predicted molar refractivity (Wildman–Crippen MR) is 106 cm³/mol. The summed E-state index contributed by atoms with van der Waals surface area (Å²) < 4.78 is 14.7. The maximum Gasteiger partial charge on any atom is 0.332 e. The van der Waals surface area contributed by atoms with E-state index in [-0.39, 0.29) is 17.6 Å². The highest BCUT2D eigenvalue weighted by molar-refractivity contribution is 6.06. The number of hydrogen-bond donors (Lipinski definition) is 3. The fraction of sp³-hybridized carbons (Fsp3) is 0.350. The highest BCUT2D eigenvalue weighted by Crippen LogP contribution is 2.37. The second-order valence-electron chi connectivity index (χ2n) is 6.42. The maximum atomic E-state index is 12.8. The Morgan fingerprint density at radius 3 is 2.37 bits per heavy atom. The van der Waals surface area contributed by atoms with Crippen LogP contribution in [-0.2, 0) is 0 Å². The summed E-state index contributed by atoms with van der Waals surface area (Å²) in [6, 6.07) is 5.09. The Labute approximate surface area is 158 Å². The average molecular weight is 369 g/mol. The van der Waals surface area contributed by atoms with Crippen molar-refractivity contribution in [3.63, 3.8) is 0 Å². The van der Waals surface area contributed by atoms with Gasteiger partial charge in [0.2, 0.25) is 0 Å². The van der Waals surface area contributed by atoms with Gasteiger partial charge in [0.05, 0.1) is 17.2 Å². The summed E-state index contributed by atoms with van der Waals surface area (Å²) in [6.45, 7) is 3.36. The number of carbonyl (C=O) groups excluding carboxylic acids is 1. The van der Waals surface area contributed by atoms with E-state index in [9.17, 15) is 9.18 Å². The molecule has 0 radical (unpaired) electrons. The molecule has 6 nitrogen and oxygen atoms in total. The van der Waals surface area contributed by atoms with E-state index in [0.29, 0.717) is 17.0 Å². The first kappa shape index (κ1) is 20.3. The average Bonchev–Trinajstić information content (AvgIpc) is 2.99. The van der Waals surface area contributed by atoms with Crippen molar-refractivity contribution >= 4 is 17.6 Å². The summed E-state index contributed by atoms with van der Waals surface area (Å²) in [6.07, 6.45) is 6.29. The fourth-order valence-corrected chi connectivity index (χ4v) is 3.08. The van der Waals surface area contributed by atoms with E-state index in [1.54, 1.807) is 33.0 Å². The first-order valence-corrected chi connectivity index (χ1v) is 8.62. The molecular weight excluding hydrogens is 345 g/mol. The Kier molecular flexibility index (Phi) is 6.48. The summed E-state index contributed by atoms with van der Waals surface area (Å²) in [7, 11) is 1.80. The number of halogens is 1. The molecule has 27 heavy (non-hydrogen) atoms. The molecule has 0 saturated heterocycles. The van der Waals surface area contributed by atoms with Crippen LogP contribution >= 0.6 is 0 Å². The monoisotopic (exact) mass is 369 g/mol. The standard InChI is InChI=1S/C17H20FN5O.C3H4/c1-9(19)14-15(10-3-5-11(6-4-10)16(18)24)22-23(17(14)21-2)13-7-12(20)8-13;1-3-2/h3-6,12-13,19,21H,7-8,20H2,1-2H3;1H,2H3. The van der Waals surface area contributed by atoms with E-state index in [4.69, 9.17) is 11.1 Å². The van der Waals surface area contributed by atoms with Crippen molar-refractivity contribution in [1.29, 1.82) is 5.41 Å². The van der Waals surface area contributed by atoms with E-state index in [2.05, 4.69) is 22.8 Å². The summed E-state index contributed by atoms with van der Waals surface area (Å²) in [4.78, 5) is 10.8. The second kappa shape index (κ2) is 8.60. The molecule has 1 aliphatic rings. The van der Waals surface area contributed by atoms with Crippen LogP contribution in [0.3, 0.4) is 0 Å². The van der Waals surface area contributed by atoms with Gasteiger partial charge in [-0.1, -0.05) is 12.1 Å². The van der Waals surface area contributed by atoms with Crippen LogP contribution in [0.25, 0.3) is 11.3 Å². The van der Waals surface area contributed by atoms with Crippen molar-refractivity contribution in [1.82, 2.24) is 9.78 Å². The summed E-state index contributed by atoms with van der Waals surface area (Å²) in [5.74, 6) is 3.03. The van der Waals surface area contributed by atoms with Gasteiger partial charge in [0.1, 0.15) is 11.5 Å². The molecule has 0 aliphatic heterocycles. The van der Waals surface area contributed by atoms with Gasteiger partial charge in [-0.05, 0) is 38.8 Å². The quantitative estimate of drug-likeness (QED) is 0.427. The Morgan fingerprint density at radius 2 is 1.96 bits per heavy atom. The number of hydrogen-bond acceptors (Lipinski definition) is 5. The van der Waals surface area contributed by atoms with Crippen LogP contribution in [0.15, 0.2) is 24.3 Å². The third kappa shape index (κ3) is 4.23. The molecule has 4 N–H and O–H groups in total. The minimum atomic E-state index is -1.46. The number of terminal acetylenes is 1. The molecule has 0 atom stereocenters. The van der Waals surface area contributed by atoms with Crippen LogP contribution in [0.2, 0.25) is 0 Å². The van der Waals surface area contributed by atoms with Gasteiger partial charge >= 0.3 is 6.04 Å². The predicted octanol–water partition coefficient (Wildman–Crippen LogP) is 3.39. The highest BCUT2D eigenvalue weighted by Gasteiger charge is 2.32. The lowest BCUT2D eigenvalue weighted by molar-refractivity contribution is 0.0836. The molecule has 1 heterocycles. The van der Waals surface area contributed by atoms with Crippen molar-refractivity contribution in [3.05, 3.63) is 35.4 Å². The van der Waals surface area contributed by atoms with Crippen LogP contribution in [0, 0.1) is 17.8 Å². The zero-order valence-corrected chi connectivity index (χ0v) is 15.7. The lowest BCUT2D eigenvalue weighted by Crippen LogP contribution is -2.38. The topological polar surface area (TPSA) is 96.8 Å². The van der Waals surface area contributed by atoms with E-state index >= 15 is 0 Å². The first-order chi connectivity index (χ1) is 12.8. The first-order valence-electron chi connectivity index (χ1n) is 8.62. The molecule has 7 heteroatoms. The molecule has 1 aromatic carbocycles. The van der Waals surface area contributed by atoms with Crippen molar-refractivity contribution in [3.8, 4) is 23.6 Å². The number of nitrogens with two attached hydrogens (primary N) is 1. The van der Waals surface area contributed by atoms with Gasteiger partial charge in [0, 0.05) is 24.4 Å². The summed E-state index contributed by atoms with van der Waals surface area (Å²) in [5.41, 5.74) is 8.36. The van der Waals surface area contributed by atoms with Gasteiger partial charge in [-0.2, -0.15) is 9.49 Å². The zero-order chi connectivity index (χ0) is 20.1. The Balaban J connectivity index is 0.000000817. The molecular formula is C20H24FN5O. The van der Waals surface area contributed by atoms with Crippen molar-refractivity contribution in [2.75, 3.05) is 12.4 Å². The second-order valence-corrected chi connectivity index (χ2v) is 6.42. The molecule has 3 rings (SSSR count). The van der Waals surface area contributed by atoms with Gasteiger partial charge in [0.15, 0.2) is 0 Å². The van der Waals surface area contributed by atoms with E-state index in [1.807, 2.05) is 4.68 Å². The Morgan fingerprint density at radius 1 is 1.41 bits per heavy atom. The number of benzene rings is 1. The van der Waals surface area contributed by atoms with Gasteiger partial charge in [-0.3, -0.25) is 4.79 Å². The van der Waals surface area contributed by atoms with Crippen LogP contribution < -0.4 is 11.1 Å². The summed E-state index contributed by atoms with van der Waals surface area (Å²) in [5, 5.41) is 15.9. The van der Waals surface area contributed by atoms with Crippen molar-refractivity contribution in [2.45, 2.75) is 38.8 Å².